The molecule has 2 aromatic carbocycles. The zero-order chi connectivity index (χ0) is 18.1. The molecule has 0 aliphatic carbocycles. The molecule has 0 saturated carbocycles. The fraction of sp³-hybridized carbons (Fsp3) is 0.158. The van der Waals surface area contributed by atoms with E-state index in [1.165, 1.54) is 0 Å². The summed E-state index contributed by atoms with van der Waals surface area (Å²) in [7, 11) is -1.03. The minimum Gasteiger partial charge on any atom is -0.422 e. The number of Topliss-reactive ketones (excluding diaryl/α,β-unsaturated/α-hetero) is 1. The van der Waals surface area contributed by atoms with Crippen molar-refractivity contribution in [1.29, 1.82) is 0 Å². The van der Waals surface area contributed by atoms with E-state index in [4.69, 9.17) is 10.5 Å². The quantitative estimate of drug-likeness (QED) is 0.599. The highest BCUT2D eigenvalue weighted by molar-refractivity contribution is 6.63. The number of aromatic nitrogens is 1. The number of nitrogens with two attached hydrogens (primary N) is 1. The molecule has 1 unspecified atom stereocenters. The molecule has 7 heteroatoms. The van der Waals surface area contributed by atoms with Crippen molar-refractivity contribution >= 4 is 34.8 Å². The summed E-state index contributed by atoms with van der Waals surface area (Å²) >= 11 is 0. The van der Waals surface area contributed by atoms with E-state index >= 15 is 0 Å². The minimum absolute atomic E-state index is 0.0255. The molecule has 0 saturated heterocycles. The third-order valence-electron chi connectivity index (χ3n) is 4.75. The van der Waals surface area contributed by atoms with E-state index in [1.807, 2.05) is 30.3 Å². The predicted molar refractivity (Wildman–Crippen MR) is 101 cm³/mol. The lowest BCUT2D eigenvalue weighted by Crippen LogP contribution is -2.28. The summed E-state index contributed by atoms with van der Waals surface area (Å²) in [5.41, 5.74) is 11.6. The Balaban J connectivity index is 1.62. The Morgan fingerprint density at radius 1 is 1.27 bits per heavy atom. The Bertz CT molecular complexity index is 979. The van der Waals surface area contributed by atoms with Gasteiger partial charge in [0.1, 0.15) is 5.78 Å². The van der Waals surface area contributed by atoms with Crippen molar-refractivity contribution in [3.05, 3.63) is 66.0 Å². The van der Waals surface area contributed by atoms with Crippen molar-refractivity contribution in [3.63, 3.8) is 0 Å². The molecule has 4 rings (SSSR count). The van der Waals surface area contributed by atoms with Crippen LogP contribution >= 0.6 is 0 Å². The predicted octanol–water partition coefficient (Wildman–Crippen LogP) is 1.13. The Kier molecular flexibility index (Phi) is 4.42. The monoisotopic (exact) mass is 347 g/mol. The van der Waals surface area contributed by atoms with Gasteiger partial charge in [-0.15, -0.1) is 0 Å². The van der Waals surface area contributed by atoms with Crippen LogP contribution in [0.25, 0.3) is 10.8 Å². The molecule has 1 aromatic heterocycles. The lowest BCUT2D eigenvalue weighted by atomic mass is 9.77. The third kappa shape index (κ3) is 2.97. The van der Waals surface area contributed by atoms with E-state index in [-0.39, 0.29) is 18.7 Å². The van der Waals surface area contributed by atoms with Crippen LogP contribution in [0.15, 0.2) is 54.9 Å². The SMILES string of the molecule is NCC(C(=O)Cc1ccc2cnccc2c1)c1cccc2c1NOB2O. The number of hydrogen-bond donors (Lipinski definition) is 3. The number of carbonyl (C=O) groups is 1. The first-order valence-corrected chi connectivity index (χ1v) is 8.45. The molecule has 2 heterocycles. The lowest BCUT2D eigenvalue weighted by Gasteiger charge is -2.17. The molecule has 1 aliphatic rings. The average molecular weight is 347 g/mol. The second kappa shape index (κ2) is 6.88. The summed E-state index contributed by atoms with van der Waals surface area (Å²) in [6.45, 7) is 0.185. The Hall–Kier alpha value is -2.74. The summed E-state index contributed by atoms with van der Waals surface area (Å²) in [4.78, 5) is 17.0. The van der Waals surface area contributed by atoms with E-state index in [0.29, 0.717) is 11.2 Å². The number of benzene rings is 2. The van der Waals surface area contributed by atoms with Gasteiger partial charge in [0.05, 0.1) is 11.6 Å². The standard InChI is InChI=1S/C19H18BN3O3/c21-10-16(15-2-1-3-17-19(15)23-26-20(17)25)18(24)9-12-4-5-14-11-22-7-6-13(14)8-12/h1-8,11,16,23,25H,9-10,21H2. The highest BCUT2D eigenvalue weighted by Gasteiger charge is 2.32. The average Bonchev–Trinajstić information content (AvgIpc) is 3.04. The maximum absolute atomic E-state index is 12.9. The molecular weight excluding hydrogens is 329 g/mol. The van der Waals surface area contributed by atoms with Crippen molar-refractivity contribution in [3.8, 4) is 0 Å². The summed E-state index contributed by atoms with van der Waals surface area (Å²) < 4.78 is 5.05. The van der Waals surface area contributed by atoms with Gasteiger partial charge in [0.15, 0.2) is 0 Å². The Morgan fingerprint density at radius 2 is 2.15 bits per heavy atom. The van der Waals surface area contributed by atoms with Crippen molar-refractivity contribution in [2.24, 2.45) is 5.73 Å². The second-order valence-electron chi connectivity index (χ2n) is 6.37. The van der Waals surface area contributed by atoms with Crippen LogP contribution in [0.3, 0.4) is 0 Å². The van der Waals surface area contributed by atoms with Crippen molar-refractivity contribution < 1.29 is 14.6 Å². The van der Waals surface area contributed by atoms with Gasteiger partial charge in [0.25, 0.3) is 0 Å². The van der Waals surface area contributed by atoms with E-state index in [2.05, 4.69) is 10.5 Å². The molecular formula is C19H18BN3O3. The van der Waals surface area contributed by atoms with Crippen LogP contribution in [0.2, 0.25) is 0 Å². The van der Waals surface area contributed by atoms with Crippen LogP contribution in [-0.4, -0.2) is 29.5 Å². The Morgan fingerprint density at radius 3 is 3.00 bits per heavy atom. The van der Waals surface area contributed by atoms with Gasteiger partial charge in [-0.1, -0.05) is 36.4 Å². The van der Waals surface area contributed by atoms with Gasteiger partial charge in [-0.2, -0.15) is 0 Å². The van der Waals surface area contributed by atoms with Gasteiger partial charge in [0.2, 0.25) is 0 Å². The van der Waals surface area contributed by atoms with Gasteiger partial charge in [-0.3, -0.25) is 20.0 Å². The number of nitrogens with zero attached hydrogens (tertiary/aromatic N) is 1. The molecule has 3 aromatic rings. The lowest BCUT2D eigenvalue weighted by molar-refractivity contribution is -0.119. The van der Waals surface area contributed by atoms with E-state index in [0.717, 1.165) is 21.9 Å². The van der Waals surface area contributed by atoms with Gasteiger partial charge >= 0.3 is 7.12 Å². The smallest absolute Gasteiger partial charge is 0.422 e. The fourth-order valence-electron chi connectivity index (χ4n) is 3.38. The zero-order valence-corrected chi connectivity index (χ0v) is 14.1. The van der Waals surface area contributed by atoms with Gasteiger partial charge < -0.3 is 10.8 Å². The number of fused-ring (bicyclic) bond motifs is 2. The summed E-state index contributed by atoms with van der Waals surface area (Å²) in [5.74, 6) is -0.447. The molecule has 0 amide bonds. The first kappa shape index (κ1) is 16.7. The summed E-state index contributed by atoms with van der Waals surface area (Å²) in [6, 6.07) is 13.2. The van der Waals surface area contributed by atoms with Crippen LogP contribution in [-0.2, 0) is 16.0 Å². The number of para-hydroxylation sites is 1. The van der Waals surface area contributed by atoms with Gasteiger partial charge in [0, 0.05) is 36.2 Å². The molecule has 0 radical (unpaired) electrons. The molecule has 130 valence electrons. The van der Waals surface area contributed by atoms with Crippen molar-refractivity contribution in [2.45, 2.75) is 12.3 Å². The summed E-state index contributed by atoms with van der Waals surface area (Å²) in [5, 5.41) is 11.9. The van der Waals surface area contributed by atoms with Gasteiger partial charge in [-0.25, -0.2) is 0 Å². The maximum Gasteiger partial charge on any atom is 0.516 e. The molecule has 0 spiro atoms. The number of anilines is 1. The van der Waals surface area contributed by atoms with Crippen LogP contribution in [0, 0.1) is 0 Å². The molecule has 4 N–H and O–H groups in total. The molecule has 1 atom stereocenters. The fourth-order valence-corrected chi connectivity index (χ4v) is 3.38. The largest absolute Gasteiger partial charge is 0.516 e. The van der Waals surface area contributed by atoms with Crippen molar-refractivity contribution in [1.82, 2.24) is 4.98 Å². The number of carbonyl (C=O) groups excluding carboxylic acids is 1. The van der Waals surface area contributed by atoms with Crippen LogP contribution in [0.5, 0.6) is 0 Å². The highest BCUT2D eigenvalue weighted by Crippen LogP contribution is 2.28. The number of nitrogens with one attached hydrogen (secondary N) is 1. The molecule has 6 nitrogen and oxygen atoms in total. The molecule has 0 fully saturated rings. The topological polar surface area (TPSA) is 97.5 Å². The maximum atomic E-state index is 12.9. The first-order chi connectivity index (χ1) is 12.7. The van der Waals surface area contributed by atoms with E-state index in [1.54, 1.807) is 24.5 Å². The molecule has 26 heavy (non-hydrogen) atoms. The summed E-state index contributed by atoms with van der Waals surface area (Å²) in [6.07, 6.45) is 3.82. The van der Waals surface area contributed by atoms with Gasteiger partial charge in [-0.05, 0) is 22.6 Å². The third-order valence-corrected chi connectivity index (χ3v) is 4.75. The normalized spacial score (nSPS) is 14.2. The number of ketones is 1. The minimum atomic E-state index is -1.03. The number of hydrogen-bond acceptors (Lipinski definition) is 6. The van der Waals surface area contributed by atoms with E-state index < -0.39 is 13.0 Å². The van der Waals surface area contributed by atoms with Crippen LogP contribution in [0.1, 0.15) is 17.0 Å². The molecule has 0 bridgehead atoms. The highest BCUT2D eigenvalue weighted by atomic mass is 16.7. The number of rotatable bonds is 5. The Labute approximate surface area is 151 Å². The second-order valence-corrected chi connectivity index (χ2v) is 6.37. The van der Waals surface area contributed by atoms with E-state index in [9.17, 15) is 9.82 Å². The molecule has 1 aliphatic heterocycles. The first-order valence-electron chi connectivity index (χ1n) is 8.45. The van der Waals surface area contributed by atoms with Crippen LogP contribution in [0.4, 0.5) is 5.69 Å². The van der Waals surface area contributed by atoms with Crippen LogP contribution < -0.4 is 16.7 Å². The number of pyridine rings is 1. The zero-order valence-electron chi connectivity index (χ0n) is 14.1. The van der Waals surface area contributed by atoms with Crippen molar-refractivity contribution in [2.75, 3.05) is 12.0 Å².